The third kappa shape index (κ3) is 7.85. The van der Waals surface area contributed by atoms with Crippen molar-refractivity contribution in [3.05, 3.63) is 35.6 Å². The van der Waals surface area contributed by atoms with Crippen LogP contribution >= 0.6 is 0 Å². The summed E-state index contributed by atoms with van der Waals surface area (Å²) in [6.07, 6.45) is 2.32. The molecule has 0 spiro atoms. The Morgan fingerprint density at radius 3 is 2.52 bits per heavy atom. The summed E-state index contributed by atoms with van der Waals surface area (Å²) in [5.41, 5.74) is 1.12. The number of nitrogens with one attached hydrogen (secondary N) is 2. The molecule has 0 radical (unpaired) electrons. The van der Waals surface area contributed by atoms with Crippen molar-refractivity contribution >= 4 is 5.96 Å². The first-order valence-electron chi connectivity index (χ1n) is 10.2. The van der Waals surface area contributed by atoms with E-state index in [1.54, 1.807) is 0 Å². The van der Waals surface area contributed by atoms with Crippen molar-refractivity contribution in [2.24, 2.45) is 4.99 Å². The number of rotatable bonds is 8. The molecule has 0 aliphatic carbocycles. The number of guanidine groups is 1. The smallest absolute Gasteiger partial charge is 0.191 e. The summed E-state index contributed by atoms with van der Waals surface area (Å²) in [6, 6.07) is 7.83. The van der Waals surface area contributed by atoms with Gasteiger partial charge in [-0.1, -0.05) is 12.1 Å². The van der Waals surface area contributed by atoms with Gasteiger partial charge in [-0.2, -0.15) is 0 Å². The molecule has 0 unspecified atom stereocenters. The molecule has 27 heavy (non-hydrogen) atoms. The highest BCUT2D eigenvalue weighted by atomic mass is 19.1. The van der Waals surface area contributed by atoms with E-state index in [4.69, 9.17) is 4.99 Å². The van der Waals surface area contributed by atoms with E-state index in [1.807, 2.05) is 12.1 Å². The average molecular weight is 378 g/mol. The first-order valence-corrected chi connectivity index (χ1v) is 10.2. The van der Waals surface area contributed by atoms with Crippen LogP contribution in [0.4, 0.5) is 4.39 Å². The van der Waals surface area contributed by atoms with Crippen molar-refractivity contribution in [1.82, 2.24) is 20.4 Å². The van der Waals surface area contributed by atoms with E-state index in [-0.39, 0.29) is 5.82 Å². The maximum atomic E-state index is 13.0. The molecule has 1 aromatic carbocycles. The van der Waals surface area contributed by atoms with Gasteiger partial charge in [-0.15, -0.1) is 0 Å². The van der Waals surface area contributed by atoms with Crippen LogP contribution in [0, 0.1) is 5.82 Å². The lowest BCUT2D eigenvalue weighted by molar-refractivity contribution is 0.167. The lowest BCUT2D eigenvalue weighted by Crippen LogP contribution is -2.50. The standard InChI is InChI=1S/C21H36FN5/c1-5-23-21(25-20-10-13-27(14-11-20)17(2)3)24-12-15-26(4)16-18-6-8-19(22)9-7-18/h6-9,17,20H,5,10-16H2,1-4H3,(H2,23,24,25). The number of hydrogen-bond acceptors (Lipinski definition) is 3. The molecule has 152 valence electrons. The molecule has 0 saturated carbocycles. The second kappa shape index (κ2) is 11.2. The molecule has 1 aliphatic rings. The normalized spacial score (nSPS) is 16.9. The van der Waals surface area contributed by atoms with Gasteiger partial charge in [0.05, 0.1) is 6.54 Å². The molecule has 1 fully saturated rings. The Balaban J connectivity index is 1.76. The van der Waals surface area contributed by atoms with Crippen molar-refractivity contribution in [3.8, 4) is 0 Å². The SMILES string of the molecule is CCNC(=NCCN(C)Cc1ccc(F)cc1)NC1CCN(C(C)C)CC1. The Morgan fingerprint density at radius 1 is 1.26 bits per heavy atom. The molecule has 5 nitrogen and oxygen atoms in total. The quantitative estimate of drug-likeness (QED) is 0.540. The lowest BCUT2D eigenvalue weighted by Gasteiger charge is -2.35. The second-order valence-electron chi connectivity index (χ2n) is 7.67. The Hall–Kier alpha value is -1.66. The molecule has 1 saturated heterocycles. The minimum atomic E-state index is -0.188. The minimum Gasteiger partial charge on any atom is -0.357 e. The molecule has 2 N–H and O–H groups in total. The predicted molar refractivity (Wildman–Crippen MR) is 112 cm³/mol. The molecular weight excluding hydrogens is 341 g/mol. The molecular formula is C21H36FN5. The van der Waals surface area contributed by atoms with Gasteiger partial charge in [0, 0.05) is 44.8 Å². The molecule has 0 amide bonds. The Bertz CT molecular complexity index is 564. The summed E-state index contributed by atoms with van der Waals surface area (Å²) in [5, 5.41) is 6.96. The van der Waals surface area contributed by atoms with E-state index < -0.39 is 0 Å². The number of nitrogens with zero attached hydrogens (tertiary/aromatic N) is 3. The van der Waals surface area contributed by atoms with Crippen LogP contribution in [0.5, 0.6) is 0 Å². The van der Waals surface area contributed by atoms with Crippen molar-refractivity contribution in [1.29, 1.82) is 0 Å². The first-order chi connectivity index (χ1) is 13.0. The van der Waals surface area contributed by atoms with Gasteiger partial charge >= 0.3 is 0 Å². The summed E-state index contributed by atoms with van der Waals surface area (Å²) in [6.45, 7) is 12.2. The van der Waals surface area contributed by atoms with Crippen LogP contribution in [-0.2, 0) is 6.54 Å². The molecule has 1 heterocycles. The third-order valence-corrected chi connectivity index (χ3v) is 5.06. The summed E-state index contributed by atoms with van der Waals surface area (Å²) in [4.78, 5) is 9.48. The average Bonchev–Trinajstić information content (AvgIpc) is 2.64. The zero-order valence-electron chi connectivity index (χ0n) is 17.3. The number of halogens is 1. The van der Waals surface area contributed by atoms with Crippen molar-refractivity contribution in [2.75, 3.05) is 39.8 Å². The minimum absolute atomic E-state index is 0.188. The van der Waals surface area contributed by atoms with Crippen LogP contribution in [0.2, 0.25) is 0 Å². The van der Waals surface area contributed by atoms with Crippen LogP contribution in [0.25, 0.3) is 0 Å². The van der Waals surface area contributed by atoms with Gasteiger partial charge in [-0.05, 0) is 58.4 Å². The number of hydrogen-bond donors (Lipinski definition) is 2. The molecule has 1 aliphatic heterocycles. The van der Waals surface area contributed by atoms with Crippen molar-refractivity contribution in [2.45, 2.75) is 52.2 Å². The Kier molecular flexibility index (Phi) is 9.01. The number of likely N-dealkylation sites (tertiary alicyclic amines) is 1. The fourth-order valence-corrected chi connectivity index (χ4v) is 3.39. The van der Waals surface area contributed by atoms with Crippen LogP contribution in [-0.4, -0.2) is 67.6 Å². The van der Waals surface area contributed by atoms with Gasteiger partial charge in [0.1, 0.15) is 5.82 Å². The Labute approximate surface area is 164 Å². The van der Waals surface area contributed by atoms with E-state index in [1.165, 1.54) is 12.1 Å². The van der Waals surface area contributed by atoms with E-state index in [2.05, 4.69) is 48.3 Å². The van der Waals surface area contributed by atoms with Gasteiger partial charge in [-0.3, -0.25) is 4.99 Å². The van der Waals surface area contributed by atoms with Crippen LogP contribution in [0.1, 0.15) is 39.2 Å². The molecule has 0 aromatic heterocycles. The maximum absolute atomic E-state index is 13.0. The highest BCUT2D eigenvalue weighted by molar-refractivity contribution is 5.80. The summed E-state index contributed by atoms with van der Waals surface area (Å²) in [5.74, 6) is 0.724. The number of likely N-dealkylation sites (N-methyl/N-ethyl adjacent to an activating group) is 1. The largest absolute Gasteiger partial charge is 0.357 e. The summed E-state index contributed by atoms with van der Waals surface area (Å²) in [7, 11) is 2.07. The highest BCUT2D eigenvalue weighted by Crippen LogP contribution is 2.12. The van der Waals surface area contributed by atoms with E-state index in [9.17, 15) is 4.39 Å². The summed E-state index contributed by atoms with van der Waals surface area (Å²) >= 11 is 0. The Morgan fingerprint density at radius 2 is 1.93 bits per heavy atom. The lowest BCUT2D eigenvalue weighted by atomic mass is 10.0. The molecule has 1 aromatic rings. The highest BCUT2D eigenvalue weighted by Gasteiger charge is 2.21. The summed E-state index contributed by atoms with van der Waals surface area (Å²) < 4.78 is 13.0. The van der Waals surface area contributed by atoms with Gasteiger partial charge < -0.3 is 20.4 Å². The topological polar surface area (TPSA) is 42.9 Å². The zero-order valence-corrected chi connectivity index (χ0v) is 17.3. The molecule has 0 bridgehead atoms. The predicted octanol–water partition coefficient (Wildman–Crippen LogP) is 2.69. The van der Waals surface area contributed by atoms with Gasteiger partial charge in [0.2, 0.25) is 0 Å². The van der Waals surface area contributed by atoms with Gasteiger partial charge in [0.15, 0.2) is 5.96 Å². The molecule has 6 heteroatoms. The van der Waals surface area contributed by atoms with Gasteiger partial charge in [0.25, 0.3) is 0 Å². The fraction of sp³-hybridized carbons (Fsp3) is 0.667. The van der Waals surface area contributed by atoms with Crippen LogP contribution in [0.15, 0.2) is 29.3 Å². The third-order valence-electron chi connectivity index (χ3n) is 5.06. The number of benzene rings is 1. The second-order valence-corrected chi connectivity index (χ2v) is 7.67. The van der Waals surface area contributed by atoms with Gasteiger partial charge in [-0.25, -0.2) is 4.39 Å². The fourth-order valence-electron chi connectivity index (χ4n) is 3.39. The molecule has 0 atom stereocenters. The number of aliphatic imine (C=N–C) groups is 1. The van der Waals surface area contributed by atoms with E-state index in [0.29, 0.717) is 12.1 Å². The number of piperidine rings is 1. The first kappa shape index (κ1) is 21.6. The van der Waals surface area contributed by atoms with E-state index >= 15 is 0 Å². The van der Waals surface area contributed by atoms with Crippen molar-refractivity contribution in [3.63, 3.8) is 0 Å². The monoisotopic (exact) mass is 377 g/mol. The van der Waals surface area contributed by atoms with Crippen LogP contribution < -0.4 is 10.6 Å². The maximum Gasteiger partial charge on any atom is 0.191 e. The zero-order chi connectivity index (χ0) is 19.6. The van der Waals surface area contributed by atoms with Crippen LogP contribution in [0.3, 0.4) is 0 Å². The van der Waals surface area contributed by atoms with E-state index in [0.717, 1.165) is 63.6 Å². The van der Waals surface area contributed by atoms with Crippen molar-refractivity contribution < 1.29 is 4.39 Å². The molecule has 2 rings (SSSR count).